The van der Waals surface area contributed by atoms with Crippen LogP contribution in [0.3, 0.4) is 0 Å². The zero-order valence-corrected chi connectivity index (χ0v) is 16.5. The van der Waals surface area contributed by atoms with Crippen molar-refractivity contribution >= 4 is 16.8 Å². The Balaban J connectivity index is 1.39. The highest BCUT2D eigenvalue weighted by atomic mass is 16.3. The molecule has 5 nitrogen and oxygen atoms in total. The average Bonchev–Trinajstić information content (AvgIpc) is 2.73. The van der Waals surface area contributed by atoms with E-state index in [-0.39, 0.29) is 29.5 Å². The zero-order chi connectivity index (χ0) is 20.4. The fourth-order valence-electron chi connectivity index (χ4n) is 4.25. The monoisotopic (exact) mass is 390 g/mol. The van der Waals surface area contributed by atoms with Gasteiger partial charge in [0, 0.05) is 19.2 Å². The molecule has 1 atom stereocenters. The van der Waals surface area contributed by atoms with Gasteiger partial charge in [0.2, 0.25) is 0 Å². The van der Waals surface area contributed by atoms with Crippen molar-refractivity contribution in [2.45, 2.75) is 31.7 Å². The van der Waals surface area contributed by atoms with Gasteiger partial charge >= 0.3 is 6.03 Å². The van der Waals surface area contributed by atoms with E-state index < -0.39 is 0 Å². The van der Waals surface area contributed by atoms with Crippen LogP contribution in [0.1, 0.15) is 42.9 Å². The summed E-state index contributed by atoms with van der Waals surface area (Å²) in [5.74, 6) is 0.373. The fourth-order valence-corrected chi connectivity index (χ4v) is 4.25. The summed E-state index contributed by atoms with van der Waals surface area (Å²) in [6.07, 6.45) is 1.57. The predicted molar refractivity (Wildman–Crippen MR) is 114 cm³/mol. The van der Waals surface area contributed by atoms with Crippen molar-refractivity contribution < 1.29 is 15.0 Å². The number of phenolic OH excluding ortho intramolecular Hbond substituents is 2. The third kappa shape index (κ3) is 3.99. The second kappa shape index (κ2) is 8.03. The van der Waals surface area contributed by atoms with E-state index in [1.165, 1.54) is 11.5 Å². The van der Waals surface area contributed by atoms with Crippen LogP contribution < -0.4 is 5.32 Å². The molecule has 1 heterocycles. The molecule has 1 saturated heterocycles. The summed E-state index contributed by atoms with van der Waals surface area (Å²) in [4.78, 5) is 14.6. The first-order valence-corrected chi connectivity index (χ1v) is 10.1. The first kappa shape index (κ1) is 19.1. The van der Waals surface area contributed by atoms with Crippen molar-refractivity contribution in [2.24, 2.45) is 0 Å². The number of amides is 2. The third-order valence-corrected chi connectivity index (χ3v) is 5.87. The molecule has 0 aromatic heterocycles. The van der Waals surface area contributed by atoms with Crippen LogP contribution in [0.2, 0.25) is 0 Å². The van der Waals surface area contributed by atoms with Crippen LogP contribution in [0.5, 0.6) is 11.5 Å². The van der Waals surface area contributed by atoms with Crippen molar-refractivity contribution in [3.63, 3.8) is 0 Å². The predicted octanol–water partition coefficient (Wildman–Crippen LogP) is 4.90. The van der Waals surface area contributed by atoms with Gasteiger partial charge in [-0.1, -0.05) is 48.5 Å². The minimum absolute atomic E-state index is 0.0567. The Morgan fingerprint density at radius 1 is 1.03 bits per heavy atom. The molecular formula is C24H26N2O3. The number of carbonyl (C=O) groups excluding carboxylic acids is 1. The van der Waals surface area contributed by atoms with Crippen LogP contribution in [0.4, 0.5) is 4.79 Å². The van der Waals surface area contributed by atoms with E-state index in [2.05, 4.69) is 29.6 Å². The Bertz CT molecular complexity index is 1020. The van der Waals surface area contributed by atoms with Crippen LogP contribution in [-0.2, 0) is 0 Å². The summed E-state index contributed by atoms with van der Waals surface area (Å²) in [5, 5.41) is 25.0. The SMILES string of the molecule is C[C@H](NC(=O)N1CCC(c2ccc(O)cc2O)CC1)c1cccc2ccccc12. The fraction of sp³-hybridized carbons (Fsp3) is 0.292. The topological polar surface area (TPSA) is 72.8 Å². The van der Waals surface area contributed by atoms with E-state index in [0.717, 1.165) is 29.4 Å². The van der Waals surface area contributed by atoms with Crippen molar-refractivity contribution in [1.29, 1.82) is 0 Å². The van der Waals surface area contributed by atoms with E-state index in [4.69, 9.17) is 0 Å². The molecule has 5 heteroatoms. The molecule has 150 valence electrons. The number of piperidine rings is 1. The van der Waals surface area contributed by atoms with Gasteiger partial charge in [-0.15, -0.1) is 0 Å². The molecule has 29 heavy (non-hydrogen) atoms. The number of benzene rings is 3. The van der Waals surface area contributed by atoms with Gasteiger partial charge in [0.1, 0.15) is 11.5 Å². The molecule has 1 aliphatic heterocycles. The minimum atomic E-state index is -0.0903. The molecule has 3 aromatic carbocycles. The molecule has 3 N–H and O–H groups in total. The highest BCUT2D eigenvalue weighted by molar-refractivity contribution is 5.86. The molecule has 0 saturated carbocycles. The first-order chi connectivity index (χ1) is 14.0. The van der Waals surface area contributed by atoms with Crippen molar-refractivity contribution in [1.82, 2.24) is 10.2 Å². The normalized spacial score (nSPS) is 16.0. The number of likely N-dealkylation sites (tertiary alicyclic amines) is 1. The third-order valence-electron chi connectivity index (χ3n) is 5.87. The van der Waals surface area contributed by atoms with Gasteiger partial charge in [-0.3, -0.25) is 0 Å². The lowest BCUT2D eigenvalue weighted by molar-refractivity contribution is 0.178. The zero-order valence-electron chi connectivity index (χ0n) is 16.5. The molecule has 0 spiro atoms. The second-order valence-electron chi connectivity index (χ2n) is 7.74. The Kier molecular flexibility index (Phi) is 5.30. The Labute approximate surface area is 170 Å². The summed E-state index contributed by atoms with van der Waals surface area (Å²) in [7, 11) is 0. The van der Waals surface area contributed by atoms with Crippen LogP contribution in [0.25, 0.3) is 10.8 Å². The van der Waals surface area contributed by atoms with Crippen molar-refractivity contribution in [2.75, 3.05) is 13.1 Å². The average molecular weight is 390 g/mol. The number of aromatic hydroxyl groups is 2. The van der Waals surface area contributed by atoms with Gasteiger partial charge in [-0.2, -0.15) is 0 Å². The molecule has 0 aliphatic carbocycles. The molecule has 1 fully saturated rings. The maximum atomic E-state index is 12.8. The summed E-state index contributed by atoms with van der Waals surface area (Å²) in [5.41, 5.74) is 1.95. The Morgan fingerprint density at radius 2 is 1.76 bits per heavy atom. The lowest BCUT2D eigenvalue weighted by Gasteiger charge is -2.33. The van der Waals surface area contributed by atoms with Gasteiger partial charge in [0.15, 0.2) is 0 Å². The molecule has 4 rings (SSSR count). The van der Waals surface area contributed by atoms with Crippen LogP contribution >= 0.6 is 0 Å². The summed E-state index contributed by atoms with van der Waals surface area (Å²) >= 11 is 0. The number of nitrogens with one attached hydrogen (secondary N) is 1. The number of urea groups is 1. The number of hydrogen-bond acceptors (Lipinski definition) is 3. The minimum Gasteiger partial charge on any atom is -0.508 e. The lowest BCUT2D eigenvalue weighted by Crippen LogP contribution is -2.44. The summed E-state index contributed by atoms with van der Waals surface area (Å²) < 4.78 is 0. The smallest absolute Gasteiger partial charge is 0.317 e. The van der Waals surface area contributed by atoms with E-state index in [9.17, 15) is 15.0 Å². The molecule has 2 amide bonds. The van der Waals surface area contributed by atoms with Crippen LogP contribution in [0, 0.1) is 0 Å². The molecule has 1 aliphatic rings. The van der Waals surface area contributed by atoms with E-state index >= 15 is 0 Å². The number of phenols is 2. The van der Waals surface area contributed by atoms with Gasteiger partial charge in [-0.05, 0) is 53.6 Å². The van der Waals surface area contributed by atoms with Gasteiger partial charge < -0.3 is 20.4 Å². The Morgan fingerprint density at radius 3 is 2.52 bits per heavy atom. The number of hydrogen-bond donors (Lipinski definition) is 3. The highest BCUT2D eigenvalue weighted by Crippen LogP contribution is 2.35. The van der Waals surface area contributed by atoms with Crippen LogP contribution in [-0.4, -0.2) is 34.2 Å². The molecule has 3 aromatic rings. The number of fused-ring (bicyclic) bond motifs is 1. The number of nitrogens with zero attached hydrogens (tertiary/aromatic N) is 1. The number of carbonyl (C=O) groups is 1. The van der Waals surface area contributed by atoms with Crippen molar-refractivity contribution in [3.8, 4) is 11.5 Å². The number of rotatable bonds is 3. The maximum Gasteiger partial charge on any atom is 0.317 e. The Hall–Kier alpha value is -3.21. The lowest BCUT2D eigenvalue weighted by atomic mass is 9.89. The van der Waals surface area contributed by atoms with Gasteiger partial charge in [0.05, 0.1) is 6.04 Å². The summed E-state index contributed by atoms with van der Waals surface area (Å²) in [6, 6.07) is 19.0. The maximum absolute atomic E-state index is 12.8. The van der Waals surface area contributed by atoms with Gasteiger partial charge in [0.25, 0.3) is 0 Å². The molecule has 0 radical (unpaired) electrons. The standard InChI is InChI=1S/C24H26N2O3/c1-16(20-8-4-6-17-5-2-3-7-21(17)20)25-24(29)26-13-11-18(12-14-26)22-10-9-19(27)15-23(22)28/h2-10,15-16,18,27-28H,11-14H2,1H3,(H,25,29)/t16-/m0/s1. The second-order valence-corrected chi connectivity index (χ2v) is 7.74. The quantitative estimate of drug-likeness (QED) is 0.595. The van der Waals surface area contributed by atoms with Crippen LogP contribution in [0.15, 0.2) is 60.7 Å². The van der Waals surface area contributed by atoms with Gasteiger partial charge in [-0.25, -0.2) is 4.79 Å². The molecule has 0 unspecified atom stereocenters. The van der Waals surface area contributed by atoms with E-state index in [1.54, 1.807) is 12.1 Å². The van der Waals surface area contributed by atoms with E-state index in [0.29, 0.717) is 13.1 Å². The molecule has 0 bridgehead atoms. The highest BCUT2D eigenvalue weighted by Gasteiger charge is 2.26. The van der Waals surface area contributed by atoms with E-state index in [1.807, 2.05) is 30.0 Å². The first-order valence-electron chi connectivity index (χ1n) is 10.1. The molecular weight excluding hydrogens is 364 g/mol. The largest absolute Gasteiger partial charge is 0.508 e. The summed E-state index contributed by atoms with van der Waals surface area (Å²) in [6.45, 7) is 3.29. The van der Waals surface area contributed by atoms with Crippen molar-refractivity contribution in [3.05, 3.63) is 71.8 Å².